The number of aliphatic hydroxyl groups excluding tert-OH is 4. The molecule has 131 heavy (non-hydrogen) atoms. The molecule has 1 saturated heterocycles. The number of aliphatic hydroxyl groups is 4. The van der Waals surface area contributed by atoms with Crippen molar-refractivity contribution in [3.8, 4) is 0 Å². The summed E-state index contributed by atoms with van der Waals surface area (Å²) in [6.07, 6.45) is 112. The summed E-state index contributed by atoms with van der Waals surface area (Å²) in [7, 11) is -4.86. The lowest BCUT2D eigenvalue weighted by molar-refractivity contribution is -0.282. The molecule has 0 amide bonds. The predicted octanol–water partition coefficient (Wildman–Crippen LogP) is 37.2. The number of allylic oxidation sites excluding steroid dienone is 13. The number of hydrogen-bond donors (Lipinski definition) is 5. The van der Waals surface area contributed by atoms with Crippen LogP contribution < -0.4 is 0 Å². The van der Waals surface area contributed by atoms with Gasteiger partial charge in [0.15, 0.2) is 6.29 Å². The molecule has 11 nitrogen and oxygen atoms in total. The molecule has 0 spiro atoms. The Hall–Kier alpha value is -2.44. The van der Waals surface area contributed by atoms with Crippen molar-refractivity contribution in [3.05, 3.63) is 81.5 Å². The van der Waals surface area contributed by atoms with Crippen LogP contribution in [0.3, 0.4) is 0 Å². The molecule has 0 aromatic heterocycles. The average molecular weight is 1860 g/mol. The quantitative estimate of drug-likeness (QED) is 0.0170. The second-order valence-corrected chi connectivity index (χ2v) is 44.5. The molecule has 2 saturated carbocycles. The number of esters is 1. The van der Waals surface area contributed by atoms with E-state index in [0.717, 1.165) is 151 Å². The molecular weight excluding hydrogens is 1640 g/mol. The lowest BCUT2D eigenvalue weighted by Gasteiger charge is -2.40. The highest BCUT2D eigenvalue weighted by atomic mass is 31.2. The molecule has 1 aliphatic heterocycles. The fourth-order valence-electron chi connectivity index (χ4n) is 20.3. The first-order valence-corrected chi connectivity index (χ1v) is 59.0. The zero-order valence-corrected chi connectivity index (χ0v) is 89.1. The minimum absolute atomic E-state index is 0.244. The molecule has 2 aliphatic carbocycles. The van der Waals surface area contributed by atoms with Crippen LogP contribution in [0.1, 0.15) is 589 Å². The summed E-state index contributed by atoms with van der Waals surface area (Å²) in [6, 6.07) is 0. The number of ether oxygens (including phenoxy) is 2. The Morgan fingerprint density at radius 3 is 0.847 bits per heavy atom. The number of phosphoric acid groups is 1. The summed E-state index contributed by atoms with van der Waals surface area (Å²) < 4.78 is 35.5. The summed E-state index contributed by atoms with van der Waals surface area (Å²) in [4.78, 5) is 24.9. The lowest BCUT2D eigenvalue weighted by atomic mass is 9.91. The van der Waals surface area contributed by atoms with E-state index in [0.29, 0.717) is 12.8 Å². The van der Waals surface area contributed by atoms with Crippen LogP contribution in [0.25, 0.3) is 0 Å². The van der Waals surface area contributed by atoms with E-state index in [1.165, 1.54) is 412 Å². The highest BCUT2D eigenvalue weighted by Gasteiger charge is 2.48. The van der Waals surface area contributed by atoms with Crippen molar-refractivity contribution in [1.29, 1.82) is 0 Å². The molecule has 3 rings (SSSR count). The Labute approximate surface area is 812 Å². The monoisotopic (exact) mass is 1860 g/mol. The molecule has 1 heterocycles. The standard InChI is InChI=1S/C119H219O11P/c1-11-13-15-17-19-21-23-25-27-29-30-31-32-33-34-35-36-38-42-46-50-58-64-70-94-112(113(120)95-71-65-59-51-47-43-39-41-45-49-55-61-67-91-109-99-111(109)93-69-63-57-53-52-56-62-68-92-110-98-108(110)90-66-60-54-48-44-40-37-28-26-24-22-20-18-16-14-12-2)118(124)127-100-114-115(121)116(122)117(123)119(129-114)130-131(125,126)128-97-96-107(10)89-77-88-106(9)87-76-86-105(8)85-75-84-104(7)83-74-82-103(6)81-73-80-102(5)79-72-78-101(3)4/h78,80,82,84,86,88,96,108-117,119-123H,11-77,79,81,83,85,87,89-95,97-100H2,1-10H3,(H,125,126)/b102-80+,103-82+,104-84+,105-86+,106-88+,107-96+/t108?,109?,110?,111?,112?,113-,114-,115-,116+,117+,119-/m1/s1. The zero-order chi connectivity index (χ0) is 94.9. The average Bonchev–Trinajstić information content (AvgIpc) is 1.61. The fourth-order valence-corrected chi connectivity index (χ4v) is 21.1. The van der Waals surface area contributed by atoms with Crippen LogP contribution in [-0.2, 0) is 27.9 Å². The molecule has 5 N–H and O–H groups in total. The molecule has 3 aliphatic rings. The van der Waals surface area contributed by atoms with Crippen molar-refractivity contribution < 1.29 is 53.2 Å². The van der Waals surface area contributed by atoms with Crippen molar-refractivity contribution in [2.45, 2.75) is 626 Å². The van der Waals surface area contributed by atoms with Gasteiger partial charge in [-0.05, 0) is 182 Å². The Morgan fingerprint density at radius 2 is 0.573 bits per heavy atom. The van der Waals surface area contributed by atoms with Crippen LogP contribution in [-0.4, -0.2) is 81.3 Å². The van der Waals surface area contributed by atoms with Gasteiger partial charge in [-0.15, -0.1) is 0 Å². The van der Waals surface area contributed by atoms with Gasteiger partial charge in [-0.3, -0.25) is 13.8 Å². The Morgan fingerprint density at radius 1 is 0.328 bits per heavy atom. The number of unbranched alkanes of at least 4 members (excludes halogenated alkanes) is 57. The van der Waals surface area contributed by atoms with Gasteiger partial charge in [0.1, 0.15) is 31.0 Å². The molecule has 0 radical (unpaired) electrons. The highest BCUT2D eigenvalue weighted by Crippen LogP contribution is 2.49. The number of carbonyl (C=O) groups excluding carboxylic acids is 1. The molecule has 0 aromatic carbocycles. The van der Waals surface area contributed by atoms with Gasteiger partial charge in [-0.2, -0.15) is 0 Å². The largest absolute Gasteiger partial charge is 0.474 e. The summed E-state index contributed by atoms with van der Waals surface area (Å²) >= 11 is 0. The summed E-state index contributed by atoms with van der Waals surface area (Å²) in [6.45, 7) is 21.3. The van der Waals surface area contributed by atoms with E-state index in [9.17, 15) is 34.7 Å². The third-order valence-electron chi connectivity index (χ3n) is 29.9. The van der Waals surface area contributed by atoms with Crippen LogP contribution in [0.15, 0.2) is 81.5 Å². The van der Waals surface area contributed by atoms with Crippen molar-refractivity contribution >= 4 is 13.8 Å². The zero-order valence-electron chi connectivity index (χ0n) is 88.2. The van der Waals surface area contributed by atoms with E-state index < -0.39 is 63.1 Å². The van der Waals surface area contributed by atoms with Crippen LogP contribution >= 0.6 is 7.82 Å². The SMILES string of the molecule is CCCCCCCCCCCCCCCCCCCCCCCCCCC(C(=O)OC[C@H]1O[C@H](OP(=O)(O)OC/C=C(\C)CC/C=C(\C)CC/C=C(\C)CC/C=C(\C)CC/C=C(\C)CC/C=C(\C)CCC=C(C)C)[C@@H](O)[C@@H](O)[C@@H]1O)[C@H](O)CCCCCCCCCCCCCCCC1CC1CCCCCCCCCCC1CC1CCCCCCCCCCCCCCCCCC. The van der Waals surface area contributed by atoms with Crippen molar-refractivity contribution in [3.63, 3.8) is 0 Å². The number of rotatable bonds is 96. The van der Waals surface area contributed by atoms with E-state index in [-0.39, 0.29) is 6.61 Å². The topological polar surface area (TPSA) is 172 Å². The van der Waals surface area contributed by atoms with E-state index in [4.69, 9.17) is 18.5 Å². The second-order valence-electron chi connectivity index (χ2n) is 43.1. The minimum atomic E-state index is -4.86. The van der Waals surface area contributed by atoms with Crippen LogP contribution in [0, 0.1) is 29.6 Å². The van der Waals surface area contributed by atoms with Gasteiger partial charge in [0.25, 0.3) is 0 Å². The van der Waals surface area contributed by atoms with Gasteiger partial charge in [0, 0.05) is 0 Å². The maximum absolute atomic E-state index is 14.1. The molecule has 6 unspecified atom stereocenters. The highest BCUT2D eigenvalue weighted by molar-refractivity contribution is 7.47. The molecular formula is C119H219O11P. The van der Waals surface area contributed by atoms with Gasteiger partial charge in [0.2, 0.25) is 0 Å². The third-order valence-corrected chi connectivity index (χ3v) is 30.8. The summed E-state index contributed by atoms with van der Waals surface area (Å²) in [5.41, 5.74) is 9.52. The molecule has 12 heteroatoms. The first-order chi connectivity index (χ1) is 63.7. The van der Waals surface area contributed by atoms with Gasteiger partial charge < -0.3 is 34.8 Å². The normalized spacial score (nSPS) is 20.3. The first-order valence-electron chi connectivity index (χ1n) is 57.5. The molecule has 766 valence electrons. The van der Waals surface area contributed by atoms with E-state index in [1.807, 2.05) is 6.92 Å². The maximum Gasteiger partial charge on any atom is 0.474 e. The van der Waals surface area contributed by atoms with E-state index in [1.54, 1.807) is 12.5 Å². The van der Waals surface area contributed by atoms with Crippen molar-refractivity contribution in [2.24, 2.45) is 29.6 Å². The second kappa shape index (κ2) is 85.5. The van der Waals surface area contributed by atoms with Gasteiger partial charge in [-0.1, -0.05) is 513 Å². The van der Waals surface area contributed by atoms with Crippen LogP contribution in [0.4, 0.5) is 0 Å². The third kappa shape index (κ3) is 73.4. The predicted molar refractivity (Wildman–Crippen MR) is 565 cm³/mol. The molecule has 0 aromatic rings. The van der Waals surface area contributed by atoms with Crippen molar-refractivity contribution in [2.75, 3.05) is 13.2 Å². The number of hydrogen-bond acceptors (Lipinski definition) is 10. The van der Waals surface area contributed by atoms with Gasteiger partial charge in [0.05, 0.1) is 18.6 Å². The van der Waals surface area contributed by atoms with Gasteiger partial charge in [-0.25, -0.2) is 4.57 Å². The lowest BCUT2D eigenvalue weighted by Crippen LogP contribution is -2.59. The van der Waals surface area contributed by atoms with Crippen molar-refractivity contribution in [1.82, 2.24) is 0 Å². The smallest absolute Gasteiger partial charge is 0.463 e. The van der Waals surface area contributed by atoms with Gasteiger partial charge >= 0.3 is 13.8 Å². The first kappa shape index (κ1) is 123. The summed E-state index contributed by atoms with van der Waals surface area (Å²) in [5, 5.41) is 44.6. The fraction of sp³-hybridized carbons (Fsp3) is 0.874. The molecule has 0 bridgehead atoms. The maximum atomic E-state index is 14.1. The summed E-state index contributed by atoms with van der Waals surface area (Å²) in [5.74, 6) is 2.86. The number of phosphoric ester groups is 1. The van der Waals surface area contributed by atoms with Crippen LogP contribution in [0.5, 0.6) is 0 Å². The minimum Gasteiger partial charge on any atom is -0.463 e. The van der Waals surface area contributed by atoms with Crippen LogP contribution in [0.2, 0.25) is 0 Å². The van der Waals surface area contributed by atoms with E-state index >= 15 is 0 Å². The Kier molecular flexibility index (Phi) is 80.1. The Bertz CT molecular complexity index is 2920. The molecule has 3 fully saturated rings. The van der Waals surface area contributed by atoms with E-state index in [2.05, 4.69) is 98.8 Å². The number of carbonyl (C=O) groups is 1. The molecule has 12 atom stereocenters. The Balaban J connectivity index is 1.28.